The van der Waals surface area contributed by atoms with Gasteiger partial charge in [0.1, 0.15) is 0 Å². The Morgan fingerprint density at radius 3 is 2.06 bits per heavy atom. The molecule has 0 bridgehead atoms. The van der Waals surface area contributed by atoms with E-state index >= 15 is 0 Å². The summed E-state index contributed by atoms with van der Waals surface area (Å²) in [5.74, 6) is 0. The van der Waals surface area contributed by atoms with Crippen LogP contribution in [0.25, 0.3) is 32.3 Å². The lowest BCUT2D eigenvalue weighted by Crippen LogP contribution is -2.56. The molecule has 0 amide bonds. The topological polar surface area (TPSA) is 9.72 Å². The third-order valence-electron chi connectivity index (χ3n) is 7.45. The molecule has 5 aromatic rings. The standard InChI is InChI=1S/C28H20BN3/c1-30-16-26-29-22-12-6-10-20-18-8-2-3-9-19(18)21-11-7-15-25(28(21)27(20)22)32(29)24-14-5-4-13-23(24)31(26)17-30/h2-16H,17H2,1H3. The van der Waals surface area contributed by atoms with Crippen LogP contribution in [0.2, 0.25) is 0 Å². The summed E-state index contributed by atoms with van der Waals surface area (Å²) in [6, 6.07) is 31.4. The first kappa shape index (κ1) is 16.7. The molecule has 0 unspecified atom stereocenters. The summed E-state index contributed by atoms with van der Waals surface area (Å²) in [5, 5.41) is 8.16. The van der Waals surface area contributed by atoms with Crippen LogP contribution in [0.4, 0.5) is 17.1 Å². The van der Waals surface area contributed by atoms with Crippen molar-refractivity contribution in [3.63, 3.8) is 0 Å². The molecule has 4 heteroatoms. The Kier molecular flexibility index (Phi) is 2.96. The van der Waals surface area contributed by atoms with E-state index in [1.807, 2.05) is 0 Å². The van der Waals surface area contributed by atoms with Crippen molar-refractivity contribution in [3.05, 3.63) is 96.7 Å². The maximum atomic E-state index is 2.58. The molecule has 0 spiro atoms. The van der Waals surface area contributed by atoms with Gasteiger partial charge in [0.2, 0.25) is 0 Å². The van der Waals surface area contributed by atoms with Crippen molar-refractivity contribution < 1.29 is 0 Å². The highest BCUT2D eigenvalue weighted by Gasteiger charge is 2.46. The Labute approximate surface area is 186 Å². The van der Waals surface area contributed by atoms with Crippen LogP contribution >= 0.6 is 0 Å². The highest BCUT2D eigenvalue weighted by molar-refractivity contribution is 6.88. The van der Waals surface area contributed by atoms with E-state index in [9.17, 15) is 0 Å². The van der Waals surface area contributed by atoms with E-state index in [0.717, 1.165) is 6.67 Å². The zero-order valence-corrected chi connectivity index (χ0v) is 17.8. The number of hydrogen-bond acceptors (Lipinski definition) is 3. The largest absolute Gasteiger partial charge is 0.374 e. The molecule has 3 aliphatic rings. The van der Waals surface area contributed by atoms with Gasteiger partial charge in [0, 0.05) is 29.9 Å². The van der Waals surface area contributed by atoms with E-state index in [2.05, 4.69) is 113 Å². The van der Waals surface area contributed by atoms with Crippen LogP contribution in [0, 0.1) is 0 Å². The van der Waals surface area contributed by atoms with Crippen LogP contribution in [0.15, 0.2) is 96.7 Å². The number of rotatable bonds is 0. The molecule has 3 nitrogen and oxygen atoms in total. The summed E-state index contributed by atoms with van der Waals surface area (Å²) < 4.78 is 0. The Hall–Kier alpha value is -3.92. The van der Waals surface area contributed by atoms with Crippen molar-refractivity contribution in [2.24, 2.45) is 0 Å². The zero-order chi connectivity index (χ0) is 21.0. The second-order valence-electron chi connectivity index (χ2n) is 9.16. The number of fused-ring (bicyclic) bond motifs is 11. The fourth-order valence-electron chi connectivity index (χ4n) is 6.29. The summed E-state index contributed by atoms with van der Waals surface area (Å²) in [5.41, 5.74) is 6.64. The molecule has 0 fully saturated rings. The molecule has 3 aliphatic heterocycles. The van der Waals surface area contributed by atoms with E-state index in [-0.39, 0.29) is 6.85 Å². The molecule has 8 rings (SSSR count). The minimum atomic E-state index is 0.165. The van der Waals surface area contributed by atoms with E-state index in [1.165, 1.54) is 60.4 Å². The number of para-hydroxylation sites is 2. The first-order chi connectivity index (χ1) is 15.8. The first-order valence-corrected chi connectivity index (χ1v) is 11.2. The Morgan fingerprint density at radius 2 is 1.25 bits per heavy atom. The minimum Gasteiger partial charge on any atom is -0.374 e. The lowest BCUT2D eigenvalue weighted by Gasteiger charge is -2.45. The van der Waals surface area contributed by atoms with E-state index in [1.54, 1.807) is 0 Å². The molecule has 0 atom stereocenters. The second kappa shape index (κ2) is 5.66. The summed E-state index contributed by atoms with van der Waals surface area (Å²) in [6.07, 6.45) is 2.33. The predicted octanol–water partition coefficient (Wildman–Crippen LogP) is 5.60. The van der Waals surface area contributed by atoms with Crippen LogP contribution in [-0.4, -0.2) is 25.5 Å². The van der Waals surface area contributed by atoms with Crippen molar-refractivity contribution in [1.29, 1.82) is 0 Å². The predicted molar refractivity (Wildman–Crippen MR) is 136 cm³/mol. The molecular weight excluding hydrogens is 389 g/mol. The van der Waals surface area contributed by atoms with Crippen molar-refractivity contribution >= 4 is 61.7 Å². The molecular formula is C28H20BN3. The van der Waals surface area contributed by atoms with Gasteiger partial charge >= 0.3 is 6.85 Å². The van der Waals surface area contributed by atoms with Crippen LogP contribution in [0.3, 0.4) is 0 Å². The number of nitrogens with zero attached hydrogens (tertiary/aromatic N) is 3. The van der Waals surface area contributed by atoms with E-state index in [0.29, 0.717) is 0 Å². The summed E-state index contributed by atoms with van der Waals surface area (Å²) in [7, 11) is 2.17. The van der Waals surface area contributed by atoms with Gasteiger partial charge < -0.3 is 14.6 Å². The van der Waals surface area contributed by atoms with Crippen LogP contribution in [0.5, 0.6) is 0 Å². The van der Waals surface area contributed by atoms with Gasteiger partial charge in [-0.15, -0.1) is 0 Å². The van der Waals surface area contributed by atoms with Crippen LogP contribution in [-0.2, 0) is 0 Å². The Morgan fingerprint density at radius 1 is 0.625 bits per heavy atom. The van der Waals surface area contributed by atoms with Crippen molar-refractivity contribution in [3.8, 4) is 0 Å². The number of benzene rings is 5. The molecule has 0 aromatic heterocycles. The number of anilines is 3. The lowest BCUT2D eigenvalue weighted by molar-refractivity contribution is 0.495. The smallest absolute Gasteiger partial charge is 0.348 e. The molecule has 0 saturated carbocycles. The monoisotopic (exact) mass is 409 g/mol. The molecule has 0 saturated heterocycles. The van der Waals surface area contributed by atoms with Gasteiger partial charge in [-0.05, 0) is 50.6 Å². The second-order valence-corrected chi connectivity index (χ2v) is 9.16. The van der Waals surface area contributed by atoms with Gasteiger partial charge in [-0.2, -0.15) is 0 Å². The van der Waals surface area contributed by atoms with Crippen LogP contribution < -0.4 is 15.2 Å². The van der Waals surface area contributed by atoms with Crippen molar-refractivity contribution in [2.45, 2.75) is 0 Å². The van der Waals surface area contributed by atoms with Gasteiger partial charge in [-0.25, -0.2) is 0 Å². The van der Waals surface area contributed by atoms with Gasteiger partial charge in [0.05, 0.1) is 18.0 Å². The van der Waals surface area contributed by atoms with Gasteiger partial charge in [0.25, 0.3) is 0 Å². The molecule has 0 N–H and O–H groups in total. The summed E-state index contributed by atoms with van der Waals surface area (Å²) in [4.78, 5) is 7.36. The van der Waals surface area contributed by atoms with E-state index < -0.39 is 0 Å². The van der Waals surface area contributed by atoms with Gasteiger partial charge in [-0.1, -0.05) is 66.7 Å². The van der Waals surface area contributed by atoms with Gasteiger partial charge in [-0.3, -0.25) is 0 Å². The summed E-state index contributed by atoms with van der Waals surface area (Å²) in [6.45, 7) is 1.05. The quantitative estimate of drug-likeness (QED) is 0.244. The normalized spacial score (nSPS) is 16.1. The Balaban J connectivity index is 1.62. The molecule has 0 radical (unpaired) electrons. The maximum absolute atomic E-state index is 2.58. The number of hydrogen-bond donors (Lipinski definition) is 0. The van der Waals surface area contributed by atoms with Crippen molar-refractivity contribution in [2.75, 3.05) is 23.4 Å². The molecule has 32 heavy (non-hydrogen) atoms. The first-order valence-electron chi connectivity index (χ1n) is 11.2. The third kappa shape index (κ3) is 1.85. The third-order valence-corrected chi connectivity index (χ3v) is 7.45. The van der Waals surface area contributed by atoms with Crippen LogP contribution in [0.1, 0.15) is 0 Å². The zero-order valence-electron chi connectivity index (χ0n) is 17.8. The fourth-order valence-corrected chi connectivity index (χ4v) is 6.29. The molecule has 5 aromatic carbocycles. The highest BCUT2D eigenvalue weighted by atomic mass is 15.4. The summed E-state index contributed by atoms with van der Waals surface area (Å²) >= 11 is 0. The minimum absolute atomic E-state index is 0.165. The average Bonchev–Trinajstić information content (AvgIpc) is 3.24. The fraction of sp³-hybridized carbons (Fsp3) is 0.0714. The average molecular weight is 409 g/mol. The maximum Gasteiger partial charge on any atom is 0.348 e. The highest BCUT2D eigenvalue weighted by Crippen LogP contribution is 2.50. The lowest BCUT2D eigenvalue weighted by atomic mass is 9.47. The molecule has 3 heterocycles. The van der Waals surface area contributed by atoms with Gasteiger partial charge in [0.15, 0.2) is 0 Å². The molecule has 150 valence electrons. The van der Waals surface area contributed by atoms with E-state index in [4.69, 9.17) is 0 Å². The molecule has 0 aliphatic carbocycles. The SMILES string of the molecule is CN1C=C2B3c4cccc5c6ccccc6c6cccc(c6c45)N3c3ccccc3N2C1. The van der Waals surface area contributed by atoms with Crippen molar-refractivity contribution in [1.82, 2.24) is 4.90 Å². The Bertz CT molecular complexity index is 1650.